The molecule has 0 saturated carbocycles. The Hall–Kier alpha value is -3.09. The van der Waals surface area contributed by atoms with E-state index in [0.717, 1.165) is 31.5 Å². The Labute approximate surface area is 164 Å². The number of hydrogen-bond donors (Lipinski definition) is 1. The summed E-state index contributed by atoms with van der Waals surface area (Å²) in [5.74, 6) is 0.753. The van der Waals surface area contributed by atoms with Crippen LogP contribution < -0.4 is 15.0 Å². The second kappa shape index (κ2) is 8.29. The van der Waals surface area contributed by atoms with Crippen LogP contribution in [-0.2, 0) is 0 Å². The highest BCUT2D eigenvalue weighted by Crippen LogP contribution is 2.33. The van der Waals surface area contributed by atoms with E-state index in [0.29, 0.717) is 23.0 Å². The molecule has 0 bridgehead atoms. The summed E-state index contributed by atoms with van der Waals surface area (Å²) in [5, 5.41) is 14.4. The molecule has 1 heterocycles. The quantitative estimate of drug-likeness (QED) is 0.611. The third-order valence-electron chi connectivity index (χ3n) is 5.16. The minimum absolute atomic E-state index is 0.0431. The number of nitro benzene ring substituents is 1. The molecule has 2 aromatic rings. The molecule has 7 nitrogen and oxygen atoms in total. The van der Waals surface area contributed by atoms with Crippen LogP contribution in [0.5, 0.6) is 5.75 Å². The summed E-state index contributed by atoms with van der Waals surface area (Å²) >= 11 is 0. The van der Waals surface area contributed by atoms with Crippen LogP contribution in [0.3, 0.4) is 0 Å². The van der Waals surface area contributed by atoms with Gasteiger partial charge in [0.05, 0.1) is 17.7 Å². The first kappa shape index (κ1) is 19.7. The van der Waals surface area contributed by atoms with Crippen LogP contribution in [0, 0.1) is 23.0 Å². The highest BCUT2D eigenvalue weighted by Gasteiger charge is 2.25. The number of ether oxygens (including phenoxy) is 1. The fourth-order valence-corrected chi connectivity index (χ4v) is 3.44. The molecular formula is C21H25N3O4. The smallest absolute Gasteiger partial charge is 0.293 e. The molecule has 1 fully saturated rings. The number of piperidine rings is 1. The molecule has 1 saturated heterocycles. The van der Waals surface area contributed by atoms with Crippen molar-refractivity contribution in [2.75, 3.05) is 30.4 Å². The molecule has 0 unspecified atom stereocenters. The van der Waals surface area contributed by atoms with Gasteiger partial charge in [0.2, 0.25) is 0 Å². The third-order valence-corrected chi connectivity index (χ3v) is 5.16. The van der Waals surface area contributed by atoms with E-state index in [1.165, 1.54) is 13.2 Å². The van der Waals surface area contributed by atoms with Gasteiger partial charge in [-0.15, -0.1) is 0 Å². The Balaban J connectivity index is 1.86. The van der Waals surface area contributed by atoms with Gasteiger partial charge in [0.15, 0.2) is 0 Å². The number of carbonyl (C=O) groups is 1. The zero-order valence-corrected chi connectivity index (χ0v) is 16.4. The van der Waals surface area contributed by atoms with Gasteiger partial charge in [-0.1, -0.05) is 13.0 Å². The van der Waals surface area contributed by atoms with Gasteiger partial charge in [-0.2, -0.15) is 0 Å². The van der Waals surface area contributed by atoms with E-state index in [-0.39, 0.29) is 11.3 Å². The maximum Gasteiger partial charge on any atom is 0.293 e. The van der Waals surface area contributed by atoms with Gasteiger partial charge < -0.3 is 15.0 Å². The van der Waals surface area contributed by atoms with Crippen molar-refractivity contribution in [1.82, 2.24) is 0 Å². The van der Waals surface area contributed by atoms with E-state index in [1.807, 2.05) is 17.9 Å². The molecule has 3 rings (SSSR count). The maximum atomic E-state index is 12.7. The van der Waals surface area contributed by atoms with Crippen molar-refractivity contribution in [3.63, 3.8) is 0 Å². The van der Waals surface area contributed by atoms with Crippen LogP contribution in [0.4, 0.5) is 17.1 Å². The molecule has 7 heteroatoms. The molecule has 1 aliphatic heterocycles. The SMILES string of the molecule is COc1ccc(C)cc1NC(=O)c1ccc(N2CCC(C)CC2)c([N+](=O)[O-])c1. The number of hydrogen-bond acceptors (Lipinski definition) is 5. The summed E-state index contributed by atoms with van der Waals surface area (Å²) < 4.78 is 5.28. The summed E-state index contributed by atoms with van der Waals surface area (Å²) in [5.41, 5.74) is 2.27. The standard InChI is InChI=1S/C21H25N3O4/c1-14-8-10-23(11-9-14)18-6-5-16(13-19(18)24(26)27)21(25)22-17-12-15(2)4-7-20(17)28-3/h4-7,12-14H,8-11H2,1-3H3,(H,22,25). The van der Waals surface area contributed by atoms with Gasteiger partial charge in [-0.05, 0) is 55.5 Å². The lowest BCUT2D eigenvalue weighted by molar-refractivity contribution is -0.384. The van der Waals surface area contributed by atoms with Crippen molar-refractivity contribution in [1.29, 1.82) is 0 Å². The van der Waals surface area contributed by atoms with E-state index in [2.05, 4.69) is 12.2 Å². The van der Waals surface area contributed by atoms with Gasteiger partial charge in [-0.3, -0.25) is 14.9 Å². The predicted molar refractivity (Wildman–Crippen MR) is 109 cm³/mol. The van der Waals surface area contributed by atoms with E-state index in [9.17, 15) is 14.9 Å². The van der Waals surface area contributed by atoms with Crippen molar-refractivity contribution >= 4 is 23.0 Å². The minimum Gasteiger partial charge on any atom is -0.495 e. The lowest BCUT2D eigenvalue weighted by Crippen LogP contribution is -2.33. The van der Waals surface area contributed by atoms with Crippen molar-refractivity contribution < 1.29 is 14.5 Å². The molecule has 0 atom stereocenters. The summed E-state index contributed by atoms with van der Waals surface area (Å²) in [6.07, 6.45) is 2.01. The summed E-state index contributed by atoms with van der Waals surface area (Å²) in [6.45, 7) is 5.68. The van der Waals surface area contributed by atoms with Crippen molar-refractivity contribution in [3.05, 3.63) is 57.6 Å². The molecule has 1 amide bonds. The van der Waals surface area contributed by atoms with Gasteiger partial charge in [-0.25, -0.2) is 0 Å². The average Bonchev–Trinajstić information content (AvgIpc) is 2.68. The van der Waals surface area contributed by atoms with E-state index >= 15 is 0 Å². The predicted octanol–water partition coefficient (Wildman–Crippen LogP) is 4.40. The van der Waals surface area contributed by atoms with Crippen molar-refractivity contribution in [3.8, 4) is 5.75 Å². The van der Waals surface area contributed by atoms with Crippen molar-refractivity contribution in [2.45, 2.75) is 26.7 Å². The lowest BCUT2D eigenvalue weighted by atomic mass is 9.98. The maximum absolute atomic E-state index is 12.7. The number of benzene rings is 2. The molecule has 28 heavy (non-hydrogen) atoms. The van der Waals surface area contributed by atoms with Crippen LogP contribution in [-0.4, -0.2) is 31.0 Å². The first-order valence-corrected chi connectivity index (χ1v) is 9.38. The first-order valence-electron chi connectivity index (χ1n) is 9.38. The highest BCUT2D eigenvalue weighted by atomic mass is 16.6. The van der Waals surface area contributed by atoms with Gasteiger partial charge >= 0.3 is 0 Å². The number of rotatable bonds is 5. The Bertz CT molecular complexity index is 889. The number of nitrogens with one attached hydrogen (secondary N) is 1. The normalized spacial score (nSPS) is 14.6. The molecule has 0 spiro atoms. The Kier molecular flexibility index (Phi) is 5.82. The third kappa shape index (κ3) is 4.24. The zero-order valence-electron chi connectivity index (χ0n) is 16.4. The Morgan fingerprint density at radius 2 is 1.93 bits per heavy atom. The summed E-state index contributed by atoms with van der Waals surface area (Å²) in [7, 11) is 1.53. The minimum atomic E-state index is -0.419. The Morgan fingerprint density at radius 3 is 2.57 bits per heavy atom. The van der Waals surface area contributed by atoms with Gasteiger partial charge in [0, 0.05) is 24.7 Å². The molecule has 148 valence electrons. The topological polar surface area (TPSA) is 84.7 Å². The fraction of sp³-hybridized carbons (Fsp3) is 0.381. The molecule has 0 aliphatic carbocycles. The molecule has 1 aliphatic rings. The fourth-order valence-electron chi connectivity index (χ4n) is 3.44. The van der Waals surface area contributed by atoms with Gasteiger partial charge in [0.1, 0.15) is 11.4 Å². The number of nitro groups is 1. The van der Waals surface area contributed by atoms with Crippen LogP contribution in [0.2, 0.25) is 0 Å². The molecule has 0 radical (unpaired) electrons. The largest absolute Gasteiger partial charge is 0.495 e. The monoisotopic (exact) mass is 383 g/mol. The second-order valence-corrected chi connectivity index (χ2v) is 7.29. The molecule has 0 aromatic heterocycles. The van der Waals surface area contributed by atoms with Crippen LogP contribution in [0.15, 0.2) is 36.4 Å². The summed E-state index contributed by atoms with van der Waals surface area (Å²) in [4.78, 5) is 25.9. The zero-order chi connectivity index (χ0) is 20.3. The molecular weight excluding hydrogens is 358 g/mol. The summed E-state index contributed by atoms with van der Waals surface area (Å²) in [6, 6.07) is 10.1. The number of anilines is 2. The van der Waals surface area contributed by atoms with Crippen molar-refractivity contribution in [2.24, 2.45) is 5.92 Å². The number of amides is 1. The van der Waals surface area contributed by atoms with E-state index in [1.54, 1.807) is 24.3 Å². The van der Waals surface area contributed by atoms with Crippen LogP contribution in [0.1, 0.15) is 35.7 Å². The Morgan fingerprint density at radius 1 is 1.21 bits per heavy atom. The molecule has 2 aromatic carbocycles. The molecule has 1 N–H and O–H groups in total. The van der Waals surface area contributed by atoms with E-state index < -0.39 is 10.8 Å². The first-order chi connectivity index (χ1) is 13.4. The van der Waals surface area contributed by atoms with Crippen LogP contribution in [0.25, 0.3) is 0 Å². The average molecular weight is 383 g/mol. The second-order valence-electron chi connectivity index (χ2n) is 7.29. The van der Waals surface area contributed by atoms with Crippen LogP contribution >= 0.6 is 0 Å². The lowest BCUT2D eigenvalue weighted by Gasteiger charge is -2.31. The number of nitrogens with zero attached hydrogens (tertiary/aromatic N) is 2. The highest BCUT2D eigenvalue weighted by molar-refractivity contribution is 6.05. The van der Waals surface area contributed by atoms with Gasteiger partial charge in [0.25, 0.3) is 11.6 Å². The number of aryl methyl sites for hydroxylation is 1. The number of methoxy groups -OCH3 is 1. The number of carbonyl (C=O) groups excluding carboxylic acids is 1. The van der Waals surface area contributed by atoms with E-state index in [4.69, 9.17) is 4.74 Å².